The minimum absolute atomic E-state index is 0.0342. The summed E-state index contributed by atoms with van der Waals surface area (Å²) in [4.78, 5) is 16.9. The fourth-order valence-corrected chi connectivity index (χ4v) is 3.06. The van der Waals surface area contributed by atoms with Gasteiger partial charge in [-0.3, -0.25) is 4.79 Å². The van der Waals surface area contributed by atoms with Crippen molar-refractivity contribution >= 4 is 23.2 Å². The molecule has 1 aliphatic carbocycles. The number of aryl methyl sites for hydroxylation is 1. The van der Waals surface area contributed by atoms with Gasteiger partial charge < -0.3 is 5.32 Å². The number of amides is 1. The van der Waals surface area contributed by atoms with Crippen LogP contribution in [-0.2, 0) is 0 Å². The molecule has 0 bridgehead atoms. The van der Waals surface area contributed by atoms with Gasteiger partial charge in [-0.15, -0.1) is 0 Å². The van der Waals surface area contributed by atoms with Crippen molar-refractivity contribution in [3.05, 3.63) is 40.9 Å². The quantitative estimate of drug-likeness (QED) is 0.733. The van der Waals surface area contributed by atoms with Crippen molar-refractivity contribution in [2.24, 2.45) is 5.92 Å². The lowest BCUT2D eigenvalue weighted by Crippen LogP contribution is -2.46. The van der Waals surface area contributed by atoms with Crippen LogP contribution < -0.4 is 5.32 Å². The van der Waals surface area contributed by atoms with Gasteiger partial charge in [-0.2, -0.15) is 23.4 Å². The summed E-state index contributed by atoms with van der Waals surface area (Å²) < 4.78 is 42.4. The number of fused-ring (bicyclic) bond motifs is 1. The molecule has 3 aromatic rings. The summed E-state index contributed by atoms with van der Waals surface area (Å²) >= 11 is 5.82. The molecule has 0 radical (unpaired) electrons. The van der Waals surface area contributed by atoms with E-state index in [1.54, 1.807) is 25.3 Å². The number of aromatic nitrogens is 5. The SMILES string of the molecule is Cc1cc(-n2ccc(Cl)n2)nc2c(C(=O)NC(C3CC3)C(F)(F)F)cnn12. The van der Waals surface area contributed by atoms with Crippen molar-refractivity contribution in [1.29, 1.82) is 0 Å². The van der Waals surface area contributed by atoms with Crippen LogP contribution in [0.3, 0.4) is 0 Å². The van der Waals surface area contributed by atoms with Crippen molar-refractivity contribution in [2.75, 3.05) is 0 Å². The van der Waals surface area contributed by atoms with Gasteiger partial charge in [0.1, 0.15) is 11.6 Å². The van der Waals surface area contributed by atoms with Crippen LogP contribution in [0.1, 0.15) is 28.9 Å². The number of carbonyl (C=O) groups is 1. The standard InChI is InChI=1S/C16H14ClF3N6O/c1-8-6-12(25-5-4-11(17)24-25)22-14-10(7-21-26(8)14)15(27)23-13(9-2-3-9)16(18,19)20/h4-7,9,13H,2-3H2,1H3,(H,23,27). The molecular weight excluding hydrogens is 385 g/mol. The highest BCUT2D eigenvalue weighted by Gasteiger charge is 2.49. The normalized spacial score (nSPS) is 15.9. The topological polar surface area (TPSA) is 77.1 Å². The Balaban J connectivity index is 1.71. The van der Waals surface area contributed by atoms with Gasteiger partial charge in [0.2, 0.25) is 0 Å². The number of carbonyl (C=O) groups excluding carboxylic acids is 1. The summed E-state index contributed by atoms with van der Waals surface area (Å²) in [5, 5.41) is 10.5. The summed E-state index contributed by atoms with van der Waals surface area (Å²) in [6.45, 7) is 1.74. The minimum Gasteiger partial charge on any atom is -0.340 e. The van der Waals surface area contributed by atoms with Crippen LogP contribution in [0.25, 0.3) is 11.5 Å². The highest BCUT2D eigenvalue weighted by Crippen LogP contribution is 2.40. The maximum absolute atomic E-state index is 13.2. The van der Waals surface area contributed by atoms with Crippen LogP contribution in [-0.4, -0.2) is 42.5 Å². The Morgan fingerprint density at radius 3 is 2.74 bits per heavy atom. The second-order valence-corrected chi connectivity index (χ2v) is 6.85. The first kappa shape index (κ1) is 17.8. The van der Waals surface area contributed by atoms with Gasteiger partial charge in [0.05, 0.1) is 6.20 Å². The van der Waals surface area contributed by atoms with Crippen molar-refractivity contribution in [3.8, 4) is 5.82 Å². The van der Waals surface area contributed by atoms with E-state index in [1.807, 2.05) is 0 Å². The van der Waals surface area contributed by atoms with E-state index in [2.05, 4.69) is 20.5 Å². The van der Waals surface area contributed by atoms with Crippen LogP contribution >= 0.6 is 11.6 Å². The molecule has 27 heavy (non-hydrogen) atoms. The summed E-state index contributed by atoms with van der Waals surface area (Å²) in [5.74, 6) is -1.06. The van der Waals surface area contributed by atoms with Crippen LogP contribution in [0.5, 0.6) is 0 Å². The Kier molecular flexibility index (Phi) is 4.10. The Labute approximate surface area is 156 Å². The number of alkyl halides is 3. The molecule has 142 valence electrons. The molecule has 1 saturated carbocycles. The largest absolute Gasteiger partial charge is 0.408 e. The van der Waals surface area contributed by atoms with Gasteiger partial charge in [-0.1, -0.05) is 11.6 Å². The highest BCUT2D eigenvalue weighted by atomic mass is 35.5. The molecular formula is C16H14ClF3N6O. The molecule has 11 heteroatoms. The van der Waals surface area contributed by atoms with Crippen molar-refractivity contribution in [1.82, 2.24) is 29.7 Å². The summed E-state index contributed by atoms with van der Waals surface area (Å²) in [5.41, 5.74) is 0.745. The second-order valence-electron chi connectivity index (χ2n) is 6.46. The number of rotatable bonds is 4. The first-order valence-corrected chi connectivity index (χ1v) is 8.56. The molecule has 1 aliphatic rings. The predicted molar refractivity (Wildman–Crippen MR) is 89.9 cm³/mol. The van der Waals surface area contributed by atoms with E-state index < -0.39 is 24.0 Å². The Bertz CT molecular complexity index is 1020. The fourth-order valence-electron chi connectivity index (χ4n) is 2.92. The van der Waals surface area contributed by atoms with E-state index in [9.17, 15) is 18.0 Å². The smallest absolute Gasteiger partial charge is 0.340 e. The Morgan fingerprint density at radius 2 is 2.15 bits per heavy atom. The van der Waals surface area contributed by atoms with Gasteiger partial charge in [0, 0.05) is 18.0 Å². The number of nitrogens with one attached hydrogen (secondary N) is 1. The molecule has 1 fully saturated rings. The molecule has 1 atom stereocenters. The summed E-state index contributed by atoms with van der Waals surface area (Å²) in [6.07, 6.45) is -0.810. The molecule has 0 aromatic carbocycles. The van der Waals surface area contributed by atoms with Gasteiger partial charge in [-0.25, -0.2) is 14.2 Å². The first-order chi connectivity index (χ1) is 12.7. The third kappa shape index (κ3) is 3.36. The van der Waals surface area contributed by atoms with Crippen molar-refractivity contribution < 1.29 is 18.0 Å². The zero-order chi connectivity index (χ0) is 19.3. The van der Waals surface area contributed by atoms with Gasteiger partial charge in [0.15, 0.2) is 16.6 Å². The lowest BCUT2D eigenvalue weighted by molar-refractivity contribution is -0.158. The fraction of sp³-hybridized carbons (Fsp3) is 0.375. The lowest BCUT2D eigenvalue weighted by atomic mass is 10.1. The third-order valence-electron chi connectivity index (χ3n) is 4.40. The van der Waals surface area contributed by atoms with E-state index >= 15 is 0 Å². The highest BCUT2D eigenvalue weighted by molar-refractivity contribution is 6.29. The Hall–Kier alpha value is -2.62. The number of hydrogen-bond donors (Lipinski definition) is 1. The number of halogens is 4. The monoisotopic (exact) mass is 398 g/mol. The van der Waals surface area contributed by atoms with E-state index in [4.69, 9.17) is 11.6 Å². The second kappa shape index (κ2) is 6.22. The summed E-state index contributed by atoms with van der Waals surface area (Å²) in [7, 11) is 0. The van der Waals surface area contributed by atoms with E-state index in [0.29, 0.717) is 24.4 Å². The maximum Gasteiger partial charge on any atom is 0.408 e. The maximum atomic E-state index is 13.2. The zero-order valence-corrected chi connectivity index (χ0v) is 14.8. The number of hydrogen-bond acceptors (Lipinski definition) is 4. The molecule has 3 aromatic heterocycles. The lowest BCUT2D eigenvalue weighted by Gasteiger charge is -2.20. The van der Waals surface area contributed by atoms with Gasteiger partial charge in [0.25, 0.3) is 5.91 Å². The molecule has 0 saturated heterocycles. The van der Waals surface area contributed by atoms with Crippen LogP contribution in [0.15, 0.2) is 24.5 Å². The molecule has 1 amide bonds. The van der Waals surface area contributed by atoms with E-state index in [1.165, 1.54) is 15.4 Å². The molecule has 3 heterocycles. The van der Waals surface area contributed by atoms with Gasteiger partial charge >= 0.3 is 6.18 Å². The first-order valence-electron chi connectivity index (χ1n) is 8.18. The average Bonchev–Trinajstić information content (AvgIpc) is 3.17. The van der Waals surface area contributed by atoms with Crippen molar-refractivity contribution in [3.63, 3.8) is 0 Å². The van der Waals surface area contributed by atoms with E-state index in [-0.39, 0.29) is 16.4 Å². The molecule has 1 N–H and O–H groups in total. The zero-order valence-electron chi connectivity index (χ0n) is 14.0. The van der Waals surface area contributed by atoms with Crippen LogP contribution in [0.4, 0.5) is 13.2 Å². The van der Waals surface area contributed by atoms with Crippen LogP contribution in [0.2, 0.25) is 5.15 Å². The molecule has 0 aliphatic heterocycles. The third-order valence-corrected chi connectivity index (χ3v) is 4.61. The van der Waals surface area contributed by atoms with Gasteiger partial charge in [-0.05, 0) is 31.7 Å². The van der Waals surface area contributed by atoms with Crippen LogP contribution in [0, 0.1) is 12.8 Å². The summed E-state index contributed by atoms with van der Waals surface area (Å²) in [6, 6.07) is 1.37. The minimum atomic E-state index is -4.50. The van der Waals surface area contributed by atoms with E-state index in [0.717, 1.165) is 0 Å². The number of nitrogens with zero attached hydrogens (tertiary/aromatic N) is 5. The molecule has 0 spiro atoms. The molecule has 4 rings (SSSR count). The molecule has 1 unspecified atom stereocenters. The van der Waals surface area contributed by atoms with Crippen molar-refractivity contribution in [2.45, 2.75) is 32.0 Å². The average molecular weight is 399 g/mol. The molecule has 7 nitrogen and oxygen atoms in total. The Morgan fingerprint density at radius 1 is 1.41 bits per heavy atom. The predicted octanol–water partition coefficient (Wildman–Crippen LogP) is 2.95.